The molecule has 1 heterocycles. The highest BCUT2D eigenvalue weighted by Gasteiger charge is 2.28. The number of aryl methyl sites for hydroxylation is 1. The molecule has 1 unspecified atom stereocenters. The summed E-state index contributed by atoms with van der Waals surface area (Å²) in [4.78, 5) is 13.0. The van der Waals surface area contributed by atoms with E-state index in [9.17, 15) is 14.3 Å². The van der Waals surface area contributed by atoms with Gasteiger partial charge in [0.25, 0.3) is 0 Å². The fourth-order valence-corrected chi connectivity index (χ4v) is 2.51. The molecule has 0 aromatic heterocycles. The van der Waals surface area contributed by atoms with Crippen molar-refractivity contribution in [3.05, 3.63) is 35.1 Å². The number of likely N-dealkylation sites (tertiary alicyclic amines) is 1. The van der Waals surface area contributed by atoms with E-state index in [-0.39, 0.29) is 5.82 Å². The number of aliphatic carboxylic acids is 1. The number of carboxylic acids is 1. The molecule has 1 aromatic rings. The Morgan fingerprint density at radius 2 is 2.28 bits per heavy atom. The van der Waals surface area contributed by atoms with E-state index in [0.717, 1.165) is 19.4 Å². The molecule has 1 saturated heterocycles. The summed E-state index contributed by atoms with van der Waals surface area (Å²) in [5, 5.41) is 9.18. The van der Waals surface area contributed by atoms with Gasteiger partial charge < -0.3 is 5.11 Å². The van der Waals surface area contributed by atoms with Gasteiger partial charge in [-0.2, -0.15) is 0 Å². The summed E-state index contributed by atoms with van der Waals surface area (Å²) in [6, 6.07) is 4.80. The number of hydrogen-bond donors (Lipinski definition) is 1. The number of carbonyl (C=O) groups is 1. The van der Waals surface area contributed by atoms with Crippen LogP contribution in [-0.2, 0) is 11.3 Å². The minimum Gasteiger partial charge on any atom is -0.480 e. The molecule has 1 fully saturated rings. The third kappa shape index (κ3) is 2.70. The Hall–Kier alpha value is -1.42. The van der Waals surface area contributed by atoms with Crippen LogP contribution >= 0.6 is 0 Å². The SMILES string of the molecule is Cc1cccc(CN2CCCCC2C(=O)O)c1F. The number of halogens is 1. The van der Waals surface area contributed by atoms with Crippen molar-refractivity contribution in [1.29, 1.82) is 0 Å². The van der Waals surface area contributed by atoms with Gasteiger partial charge in [0, 0.05) is 12.1 Å². The molecule has 18 heavy (non-hydrogen) atoms. The zero-order chi connectivity index (χ0) is 13.1. The number of piperidine rings is 1. The van der Waals surface area contributed by atoms with E-state index < -0.39 is 12.0 Å². The van der Waals surface area contributed by atoms with Gasteiger partial charge in [-0.05, 0) is 31.9 Å². The van der Waals surface area contributed by atoms with Gasteiger partial charge in [-0.25, -0.2) is 4.39 Å². The zero-order valence-corrected chi connectivity index (χ0v) is 10.5. The molecule has 98 valence electrons. The van der Waals surface area contributed by atoms with Gasteiger partial charge in [0.1, 0.15) is 11.9 Å². The maximum absolute atomic E-state index is 13.9. The molecule has 0 bridgehead atoms. The molecule has 4 heteroatoms. The Morgan fingerprint density at radius 1 is 1.50 bits per heavy atom. The highest BCUT2D eigenvalue weighted by molar-refractivity contribution is 5.73. The van der Waals surface area contributed by atoms with Crippen molar-refractivity contribution >= 4 is 5.97 Å². The van der Waals surface area contributed by atoms with E-state index in [2.05, 4.69) is 0 Å². The Morgan fingerprint density at radius 3 is 3.00 bits per heavy atom. The van der Waals surface area contributed by atoms with Crippen molar-refractivity contribution in [2.75, 3.05) is 6.54 Å². The fraction of sp³-hybridized carbons (Fsp3) is 0.500. The van der Waals surface area contributed by atoms with Crippen LogP contribution in [0.5, 0.6) is 0 Å². The molecule has 3 nitrogen and oxygen atoms in total. The van der Waals surface area contributed by atoms with Crippen LogP contribution in [0, 0.1) is 12.7 Å². The van der Waals surface area contributed by atoms with Crippen LogP contribution in [0.1, 0.15) is 30.4 Å². The number of nitrogens with zero attached hydrogens (tertiary/aromatic N) is 1. The number of rotatable bonds is 3. The summed E-state index contributed by atoms with van der Waals surface area (Å²) in [6.45, 7) is 2.83. The third-order valence-corrected chi connectivity index (χ3v) is 3.54. The van der Waals surface area contributed by atoms with Crippen LogP contribution in [0.4, 0.5) is 4.39 Å². The van der Waals surface area contributed by atoms with Crippen LogP contribution in [0.15, 0.2) is 18.2 Å². The second-order valence-corrected chi connectivity index (χ2v) is 4.87. The van der Waals surface area contributed by atoms with Crippen molar-refractivity contribution in [3.8, 4) is 0 Å². The summed E-state index contributed by atoms with van der Waals surface area (Å²) in [5.41, 5.74) is 1.19. The second kappa shape index (κ2) is 5.48. The Labute approximate surface area is 106 Å². The first-order valence-electron chi connectivity index (χ1n) is 6.30. The average molecular weight is 251 g/mol. The third-order valence-electron chi connectivity index (χ3n) is 3.54. The molecule has 1 aliphatic rings. The summed E-state index contributed by atoms with van der Waals surface area (Å²) in [6.07, 6.45) is 2.57. The van der Waals surface area contributed by atoms with Crippen molar-refractivity contribution in [3.63, 3.8) is 0 Å². The van der Waals surface area contributed by atoms with Gasteiger partial charge in [-0.15, -0.1) is 0 Å². The van der Waals surface area contributed by atoms with Crippen molar-refractivity contribution < 1.29 is 14.3 Å². The molecule has 1 N–H and O–H groups in total. The van der Waals surface area contributed by atoms with E-state index in [4.69, 9.17) is 0 Å². The Bertz CT molecular complexity index is 447. The Kier molecular flexibility index (Phi) is 3.97. The normalized spacial score (nSPS) is 20.9. The summed E-state index contributed by atoms with van der Waals surface area (Å²) < 4.78 is 13.9. The summed E-state index contributed by atoms with van der Waals surface area (Å²) in [5.74, 6) is -1.02. The lowest BCUT2D eigenvalue weighted by atomic mass is 10.0. The van der Waals surface area contributed by atoms with Crippen molar-refractivity contribution in [1.82, 2.24) is 4.90 Å². The van der Waals surface area contributed by atoms with Crippen LogP contribution in [-0.4, -0.2) is 28.6 Å². The maximum Gasteiger partial charge on any atom is 0.320 e. The minimum absolute atomic E-state index is 0.216. The molecule has 0 spiro atoms. The molecule has 1 aliphatic heterocycles. The predicted octanol–water partition coefficient (Wildman–Crippen LogP) is 2.57. The lowest BCUT2D eigenvalue weighted by molar-refractivity contribution is -0.144. The first-order chi connectivity index (χ1) is 8.59. The van der Waals surface area contributed by atoms with Gasteiger partial charge >= 0.3 is 5.97 Å². The number of carboxylic acid groups (broad SMARTS) is 1. The molecular weight excluding hydrogens is 233 g/mol. The van der Waals surface area contributed by atoms with Gasteiger partial charge in [0.2, 0.25) is 0 Å². The number of benzene rings is 1. The lowest BCUT2D eigenvalue weighted by Gasteiger charge is -2.33. The molecule has 2 rings (SSSR count). The lowest BCUT2D eigenvalue weighted by Crippen LogP contribution is -2.44. The van der Waals surface area contributed by atoms with E-state index >= 15 is 0 Å². The van der Waals surface area contributed by atoms with Gasteiger partial charge in [0.15, 0.2) is 0 Å². The molecule has 1 aromatic carbocycles. The standard InChI is InChI=1S/C14H18FNO2/c1-10-5-4-6-11(13(10)15)9-16-8-3-2-7-12(16)14(17)18/h4-6,12H,2-3,7-9H2,1H3,(H,17,18). The Balaban J connectivity index is 2.16. The van der Waals surface area contributed by atoms with E-state index in [1.807, 2.05) is 11.0 Å². The first-order valence-corrected chi connectivity index (χ1v) is 6.30. The molecule has 1 atom stereocenters. The van der Waals surface area contributed by atoms with Gasteiger partial charge in [0.05, 0.1) is 0 Å². The quantitative estimate of drug-likeness (QED) is 0.897. The van der Waals surface area contributed by atoms with Crippen LogP contribution in [0.2, 0.25) is 0 Å². The largest absolute Gasteiger partial charge is 0.480 e. The summed E-state index contributed by atoms with van der Waals surface area (Å²) >= 11 is 0. The molecule has 0 amide bonds. The molecule has 0 aliphatic carbocycles. The van der Waals surface area contributed by atoms with E-state index in [1.54, 1.807) is 19.1 Å². The van der Waals surface area contributed by atoms with E-state index in [0.29, 0.717) is 24.1 Å². The highest BCUT2D eigenvalue weighted by Crippen LogP contribution is 2.21. The monoisotopic (exact) mass is 251 g/mol. The van der Waals surface area contributed by atoms with E-state index in [1.165, 1.54) is 0 Å². The average Bonchev–Trinajstić information content (AvgIpc) is 2.35. The first kappa shape index (κ1) is 13.0. The smallest absolute Gasteiger partial charge is 0.320 e. The molecule has 0 radical (unpaired) electrons. The predicted molar refractivity (Wildman–Crippen MR) is 66.8 cm³/mol. The van der Waals surface area contributed by atoms with Gasteiger partial charge in [-0.1, -0.05) is 24.6 Å². The topological polar surface area (TPSA) is 40.5 Å². The minimum atomic E-state index is -0.803. The maximum atomic E-state index is 13.9. The second-order valence-electron chi connectivity index (χ2n) is 4.87. The summed E-state index contributed by atoms with van der Waals surface area (Å²) in [7, 11) is 0. The molecule has 0 saturated carbocycles. The van der Waals surface area contributed by atoms with Gasteiger partial charge in [-0.3, -0.25) is 9.69 Å². The number of hydrogen-bond acceptors (Lipinski definition) is 2. The van der Waals surface area contributed by atoms with Crippen molar-refractivity contribution in [2.24, 2.45) is 0 Å². The molecular formula is C14H18FNO2. The van der Waals surface area contributed by atoms with Crippen LogP contribution in [0.25, 0.3) is 0 Å². The fourth-order valence-electron chi connectivity index (χ4n) is 2.51. The highest BCUT2D eigenvalue weighted by atomic mass is 19.1. The van der Waals surface area contributed by atoms with Crippen molar-refractivity contribution in [2.45, 2.75) is 38.8 Å². The van der Waals surface area contributed by atoms with Crippen LogP contribution in [0.3, 0.4) is 0 Å². The van der Waals surface area contributed by atoms with Crippen LogP contribution < -0.4 is 0 Å². The zero-order valence-electron chi connectivity index (χ0n) is 10.5.